The Bertz CT molecular complexity index is 517. The number of phenolic OH excluding ortho intramolecular Hbond substituents is 1. The van der Waals surface area contributed by atoms with Crippen LogP contribution in [0, 0.1) is 0 Å². The van der Waals surface area contributed by atoms with Crippen LogP contribution in [0.3, 0.4) is 0 Å². The molecule has 1 aromatic carbocycles. The summed E-state index contributed by atoms with van der Waals surface area (Å²) in [6, 6.07) is 8.28. The molecule has 0 fully saturated rings. The molecule has 1 aromatic heterocycles. The molecule has 0 saturated heterocycles. The summed E-state index contributed by atoms with van der Waals surface area (Å²) in [5.74, 6) is 0.799. The van der Waals surface area contributed by atoms with Crippen molar-refractivity contribution in [2.75, 3.05) is 7.11 Å². The molecule has 0 amide bonds. The predicted molar refractivity (Wildman–Crippen MR) is 60.7 cm³/mol. The molecule has 0 spiro atoms. The van der Waals surface area contributed by atoms with Gasteiger partial charge >= 0.3 is 0 Å². The standard InChI is InChI=1S/C11H9ClN2O2/c1-16-10-6-9(12)13-11(14-10)7-4-2-3-5-8(7)15/h2-6,15H,1H3. The van der Waals surface area contributed by atoms with Gasteiger partial charge in [-0.05, 0) is 12.1 Å². The van der Waals surface area contributed by atoms with Crippen LogP contribution >= 0.6 is 11.6 Å². The Morgan fingerprint density at radius 1 is 1.25 bits per heavy atom. The molecular formula is C11H9ClN2O2. The van der Waals surface area contributed by atoms with Gasteiger partial charge in [0.2, 0.25) is 5.88 Å². The van der Waals surface area contributed by atoms with Crippen molar-refractivity contribution in [1.82, 2.24) is 9.97 Å². The fourth-order valence-corrected chi connectivity index (χ4v) is 1.46. The first-order valence-electron chi connectivity index (χ1n) is 4.57. The molecule has 1 N–H and O–H groups in total. The molecule has 5 heteroatoms. The molecule has 0 unspecified atom stereocenters. The summed E-state index contributed by atoms with van der Waals surface area (Å²) in [6.07, 6.45) is 0. The van der Waals surface area contributed by atoms with Crippen molar-refractivity contribution in [3.05, 3.63) is 35.5 Å². The molecule has 0 aliphatic rings. The Morgan fingerprint density at radius 2 is 2.00 bits per heavy atom. The lowest BCUT2D eigenvalue weighted by Gasteiger charge is -2.05. The number of phenols is 1. The number of hydrogen-bond acceptors (Lipinski definition) is 4. The Labute approximate surface area is 97.5 Å². The highest BCUT2D eigenvalue weighted by Gasteiger charge is 2.09. The van der Waals surface area contributed by atoms with Crippen LogP contribution in [0.25, 0.3) is 11.4 Å². The summed E-state index contributed by atoms with van der Waals surface area (Å²) in [7, 11) is 1.49. The van der Waals surface area contributed by atoms with Gasteiger partial charge in [-0.15, -0.1) is 0 Å². The maximum Gasteiger partial charge on any atom is 0.218 e. The second-order valence-electron chi connectivity index (χ2n) is 3.07. The Hall–Kier alpha value is -1.81. The van der Waals surface area contributed by atoms with Gasteiger partial charge in [0.05, 0.1) is 12.7 Å². The molecule has 82 valence electrons. The number of nitrogens with zero attached hydrogens (tertiary/aromatic N) is 2. The molecule has 4 nitrogen and oxygen atoms in total. The van der Waals surface area contributed by atoms with Crippen LogP contribution in [0.4, 0.5) is 0 Å². The van der Waals surface area contributed by atoms with E-state index in [1.54, 1.807) is 24.3 Å². The number of hydrogen-bond donors (Lipinski definition) is 1. The molecular weight excluding hydrogens is 228 g/mol. The molecule has 0 saturated carbocycles. The highest BCUT2D eigenvalue weighted by atomic mass is 35.5. The van der Waals surface area contributed by atoms with Gasteiger partial charge in [0.1, 0.15) is 10.9 Å². The van der Waals surface area contributed by atoms with Crippen LogP contribution in [-0.4, -0.2) is 22.2 Å². The van der Waals surface area contributed by atoms with Crippen LogP contribution in [0.5, 0.6) is 11.6 Å². The number of halogens is 1. The lowest BCUT2D eigenvalue weighted by atomic mass is 10.2. The fraction of sp³-hybridized carbons (Fsp3) is 0.0909. The molecule has 2 aromatic rings. The van der Waals surface area contributed by atoms with E-state index in [1.165, 1.54) is 13.2 Å². The lowest BCUT2D eigenvalue weighted by Crippen LogP contribution is -1.94. The average Bonchev–Trinajstić information content (AvgIpc) is 2.28. The summed E-state index contributed by atoms with van der Waals surface area (Å²) >= 11 is 5.82. The van der Waals surface area contributed by atoms with Gasteiger partial charge in [0.25, 0.3) is 0 Å². The SMILES string of the molecule is COc1cc(Cl)nc(-c2ccccc2O)n1. The van der Waals surface area contributed by atoms with E-state index >= 15 is 0 Å². The topological polar surface area (TPSA) is 55.2 Å². The van der Waals surface area contributed by atoms with Gasteiger partial charge in [0, 0.05) is 6.07 Å². The molecule has 0 aliphatic carbocycles. The number of ether oxygens (including phenoxy) is 1. The van der Waals surface area contributed by atoms with Gasteiger partial charge in [-0.1, -0.05) is 23.7 Å². The van der Waals surface area contributed by atoms with E-state index in [1.807, 2.05) is 0 Å². The number of rotatable bonds is 2. The summed E-state index contributed by atoms with van der Waals surface area (Å²) in [6.45, 7) is 0. The lowest BCUT2D eigenvalue weighted by molar-refractivity contribution is 0.397. The van der Waals surface area contributed by atoms with Crippen molar-refractivity contribution < 1.29 is 9.84 Å². The first-order valence-corrected chi connectivity index (χ1v) is 4.95. The van der Waals surface area contributed by atoms with E-state index in [9.17, 15) is 5.11 Å². The van der Waals surface area contributed by atoms with Gasteiger partial charge < -0.3 is 9.84 Å². The van der Waals surface area contributed by atoms with Crippen LogP contribution < -0.4 is 4.74 Å². The second kappa shape index (κ2) is 4.37. The molecule has 16 heavy (non-hydrogen) atoms. The molecule has 0 atom stereocenters. The van der Waals surface area contributed by atoms with Crippen molar-refractivity contribution in [1.29, 1.82) is 0 Å². The van der Waals surface area contributed by atoms with Crippen LogP contribution in [0.1, 0.15) is 0 Å². The smallest absolute Gasteiger partial charge is 0.218 e. The van der Waals surface area contributed by atoms with E-state index in [4.69, 9.17) is 16.3 Å². The van der Waals surface area contributed by atoms with Crippen molar-refractivity contribution in [3.63, 3.8) is 0 Å². The molecule has 0 radical (unpaired) electrons. The summed E-state index contributed by atoms with van der Waals surface area (Å²) in [5.41, 5.74) is 0.517. The first kappa shape index (κ1) is 10.7. The monoisotopic (exact) mass is 236 g/mol. The highest BCUT2D eigenvalue weighted by molar-refractivity contribution is 6.29. The van der Waals surface area contributed by atoms with Crippen LogP contribution in [0.15, 0.2) is 30.3 Å². The highest BCUT2D eigenvalue weighted by Crippen LogP contribution is 2.28. The quantitative estimate of drug-likeness (QED) is 0.814. The zero-order valence-electron chi connectivity index (χ0n) is 8.51. The normalized spacial score (nSPS) is 10.1. The van der Waals surface area contributed by atoms with E-state index in [0.29, 0.717) is 17.3 Å². The summed E-state index contributed by atoms with van der Waals surface area (Å²) < 4.78 is 4.98. The van der Waals surface area contributed by atoms with E-state index < -0.39 is 0 Å². The van der Waals surface area contributed by atoms with E-state index in [0.717, 1.165) is 0 Å². The minimum Gasteiger partial charge on any atom is -0.507 e. The third-order valence-corrected chi connectivity index (χ3v) is 2.22. The first-order chi connectivity index (χ1) is 7.70. The number of methoxy groups -OCH3 is 1. The number of aromatic hydroxyl groups is 1. The minimum absolute atomic E-state index is 0.104. The third-order valence-electron chi connectivity index (χ3n) is 2.03. The summed E-state index contributed by atoms with van der Waals surface area (Å²) in [4.78, 5) is 8.13. The second-order valence-corrected chi connectivity index (χ2v) is 3.46. The Morgan fingerprint density at radius 3 is 2.69 bits per heavy atom. The largest absolute Gasteiger partial charge is 0.507 e. The molecule has 0 aliphatic heterocycles. The molecule has 1 heterocycles. The molecule has 2 rings (SSSR count). The predicted octanol–water partition coefficient (Wildman–Crippen LogP) is 2.51. The van der Waals surface area contributed by atoms with Crippen LogP contribution in [0.2, 0.25) is 5.15 Å². The van der Waals surface area contributed by atoms with Gasteiger partial charge in [-0.3, -0.25) is 0 Å². The van der Waals surface area contributed by atoms with E-state index in [-0.39, 0.29) is 10.9 Å². The summed E-state index contributed by atoms with van der Waals surface area (Å²) in [5, 5.41) is 9.92. The number of benzene rings is 1. The van der Waals surface area contributed by atoms with Crippen molar-refractivity contribution >= 4 is 11.6 Å². The van der Waals surface area contributed by atoms with Crippen molar-refractivity contribution in [2.24, 2.45) is 0 Å². The average molecular weight is 237 g/mol. The number of aromatic nitrogens is 2. The van der Waals surface area contributed by atoms with Crippen molar-refractivity contribution in [2.45, 2.75) is 0 Å². The molecule has 0 bridgehead atoms. The number of para-hydroxylation sites is 1. The zero-order chi connectivity index (χ0) is 11.5. The Balaban J connectivity index is 2.56. The van der Waals surface area contributed by atoms with Gasteiger partial charge in [0.15, 0.2) is 5.82 Å². The van der Waals surface area contributed by atoms with Gasteiger partial charge in [-0.25, -0.2) is 4.98 Å². The third kappa shape index (κ3) is 2.06. The van der Waals surface area contributed by atoms with E-state index in [2.05, 4.69) is 9.97 Å². The maximum atomic E-state index is 9.65. The minimum atomic E-state index is 0.104. The zero-order valence-corrected chi connectivity index (χ0v) is 9.27. The maximum absolute atomic E-state index is 9.65. The van der Waals surface area contributed by atoms with Crippen LogP contribution in [-0.2, 0) is 0 Å². The van der Waals surface area contributed by atoms with Gasteiger partial charge in [-0.2, -0.15) is 4.98 Å². The van der Waals surface area contributed by atoms with Crippen molar-refractivity contribution in [3.8, 4) is 23.0 Å². The Kier molecular flexibility index (Phi) is 2.92. The fourth-order valence-electron chi connectivity index (χ4n) is 1.28.